The van der Waals surface area contributed by atoms with E-state index in [1.54, 1.807) is 12.7 Å². The molecule has 0 heterocycles. The predicted octanol–water partition coefficient (Wildman–Crippen LogP) is 5.32. The second-order valence-electron chi connectivity index (χ2n) is 5.68. The topological polar surface area (TPSA) is 17.1 Å². The fraction of sp³-hybridized carbons (Fsp3) is 0.0909. The zero-order valence-electron chi connectivity index (χ0n) is 13.6. The minimum absolute atomic E-state index is 0.0869. The Morgan fingerprint density at radius 3 is 1.33 bits per heavy atom. The van der Waals surface area contributed by atoms with Gasteiger partial charge in [-0.1, -0.05) is 99.2 Å². The number of ketones is 1. The Bertz CT molecular complexity index is 727. The predicted molar refractivity (Wildman–Crippen MR) is 103 cm³/mol. The molecule has 0 saturated carbocycles. The van der Waals surface area contributed by atoms with Gasteiger partial charge in [-0.25, -0.2) is 0 Å². The molecule has 3 aromatic rings. The highest BCUT2D eigenvalue weighted by Gasteiger charge is 2.34. The third kappa shape index (κ3) is 3.22. The molecule has 1 nitrogen and oxygen atoms in total. The molecule has 0 aliphatic carbocycles. The minimum atomic E-state index is -0.393. The number of benzene rings is 3. The molecule has 24 heavy (non-hydrogen) atoms. The molecule has 0 spiro atoms. The Labute approximate surface area is 144 Å². The average Bonchev–Trinajstić information content (AvgIpc) is 2.65. The van der Waals surface area contributed by atoms with E-state index in [0.717, 1.165) is 8.20 Å². The molecule has 0 N–H and O–H groups in total. The van der Waals surface area contributed by atoms with E-state index < -0.39 is 5.16 Å². The Kier molecular flexibility index (Phi) is 5.03. The summed E-state index contributed by atoms with van der Waals surface area (Å²) < 4.78 is 0. The van der Waals surface area contributed by atoms with Crippen molar-refractivity contribution in [3.8, 4) is 0 Å². The molecule has 2 heteroatoms. The van der Waals surface area contributed by atoms with Crippen LogP contribution in [0.25, 0.3) is 0 Å². The molecule has 0 bridgehead atoms. The van der Waals surface area contributed by atoms with Gasteiger partial charge in [-0.15, -0.1) is 0 Å². The minimum Gasteiger partial charge on any atom is -0.295 e. The van der Waals surface area contributed by atoms with E-state index >= 15 is 0 Å². The second-order valence-corrected chi connectivity index (χ2v) is 6.86. The van der Waals surface area contributed by atoms with Crippen LogP contribution < -0.4 is 0 Å². The van der Waals surface area contributed by atoms with Gasteiger partial charge in [-0.2, -0.15) is 0 Å². The Balaban J connectivity index is 2.35. The first-order valence-electron chi connectivity index (χ1n) is 7.96. The van der Waals surface area contributed by atoms with Gasteiger partial charge in [0.2, 0.25) is 0 Å². The molecule has 0 amide bonds. The van der Waals surface area contributed by atoms with Gasteiger partial charge < -0.3 is 0 Å². The van der Waals surface area contributed by atoms with E-state index in [0.29, 0.717) is 0 Å². The van der Waals surface area contributed by atoms with Crippen molar-refractivity contribution in [2.45, 2.75) is 12.1 Å². The van der Waals surface area contributed by atoms with Gasteiger partial charge in [-0.3, -0.25) is 4.79 Å². The van der Waals surface area contributed by atoms with Gasteiger partial charge in [0.1, 0.15) is 0 Å². The van der Waals surface area contributed by atoms with Gasteiger partial charge in [-0.05, 0) is 23.6 Å². The quantitative estimate of drug-likeness (QED) is 0.457. The molecule has 118 valence electrons. The lowest BCUT2D eigenvalue weighted by Gasteiger charge is -2.32. The fourth-order valence-electron chi connectivity index (χ4n) is 2.95. The van der Waals surface area contributed by atoms with Crippen LogP contribution >= 0.6 is 8.20 Å². The van der Waals surface area contributed by atoms with Gasteiger partial charge in [0.05, 0.1) is 5.16 Å². The summed E-state index contributed by atoms with van der Waals surface area (Å²) in [6, 6.07) is 31.2. The summed E-state index contributed by atoms with van der Waals surface area (Å²) in [7, 11) is 0.947. The van der Waals surface area contributed by atoms with Gasteiger partial charge in [0.15, 0.2) is 5.78 Å². The van der Waals surface area contributed by atoms with E-state index in [1.807, 2.05) is 18.2 Å². The van der Waals surface area contributed by atoms with Crippen molar-refractivity contribution in [1.82, 2.24) is 0 Å². The number of Topliss-reactive ketones (excluding diaryl/α,β-unsaturated/α-hetero) is 1. The third-order valence-corrected chi connectivity index (χ3v) is 5.67. The molecule has 0 fully saturated rings. The van der Waals surface area contributed by atoms with Crippen LogP contribution in [0, 0.1) is 0 Å². The molecule has 0 aliphatic heterocycles. The van der Waals surface area contributed by atoms with E-state index in [2.05, 4.69) is 72.8 Å². The van der Waals surface area contributed by atoms with Crippen molar-refractivity contribution in [3.63, 3.8) is 0 Å². The zero-order chi connectivity index (χ0) is 16.8. The Morgan fingerprint density at radius 2 is 1.04 bits per heavy atom. The number of carbonyl (C=O) groups excluding carboxylic acids is 1. The van der Waals surface area contributed by atoms with E-state index in [4.69, 9.17) is 0 Å². The maximum Gasteiger partial charge on any atom is 0.156 e. The summed E-state index contributed by atoms with van der Waals surface area (Å²) in [5.74, 6) is 1.86. The number of carbonyl (C=O) groups is 1. The molecule has 0 aliphatic rings. The van der Waals surface area contributed by atoms with Crippen molar-refractivity contribution in [2.24, 2.45) is 0 Å². The Hall–Kier alpha value is -2.50. The molecular weight excluding hydrogens is 311 g/mol. The Morgan fingerprint density at radius 1 is 0.708 bits per heavy atom. The van der Waals surface area contributed by atoms with Gasteiger partial charge in [0, 0.05) is 5.80 Å². The van der Waals surface area contributed by atoms with Crippen LogP contribution in [0.15, 0.2) is 91.0 Å². The van der Waals surface area contributed by atoms with Crippen LogP contribution in [-0.4, -0.2) is 11.6 Å². The maximum absolute atomic E-state index is 11.7. The lowest BCUT2D eigenvalue weighted by Crippen LogP contribution is -2.23. The fourth-order valence-corrected chi connectivity index (χ4v) is 4.22. The van der Waals surface area contributed by atoms with Gasteiger partial charge in [0.25, 0.3) is 0 Å². The van der Waals surface area contributed by atoms with Gasteiger partial charge >= 0.3 is 0 Å². The van der Waals surface area contributed by atoms with Crippen LogP contribution in [0.2, 0.25) is 0 Å². The monoisotopic (exact) mass is 330 g/mol. The molecule has 0 unspecified atom stereocenters. The van der Waals surface area contributed by atoms with Crippen molar-refractivity contribution in [3.05, 3.63) is 108 Å². The first kappa shape index (κ1) is 16.4. The molecule has 0 atom stereocenters. The third-order valence-electron chi connectivity index (χ3n) is 4.01. The van der Waals surface area contributed by atoms with Crippen LogP contribution in [0.5, 0.6) is 0 Å². The number of hydrogen-bond donors (Lipinski definition) is 0. The van der Waals surface area contributed by atoms with Crippen LogP contribution in [0.1, 0.15) is 23.6 Å². The van der Waals surface area contributed by atoms with Crippen molar-refractivity contribution in [1.29, 1.82) is 0 Å². The van der Waals surface area contributed by atoms with E-state index in [9.17, 15) is 4.79 Å². The first-order chi connectivity index (χ1) is 11.7. The average molecular weight is 330 g/mol. The second kappa shape index (κ2) is 7.38. The molecule has 3 aromatic carbocycles. The standard InChI is InChI=1S/C22H19OP/c1-18(23)17-24-22(19-11-5-2-6-12-19,20-13-7-3-8-14-20)21-15-9-4-10-16-21/h2-17H,1H3. The van der Waals surface area contributed by atoms with Crippen LogP contribution in [0.3, 0.4) is 0 Å². The highest BCUT2D eigenvalue weighted by Crippen LogP contribution is 2.47. The van der Waals surface area contributed by atoms with Crippen molar-refractivity contribution in [2.75, 3.05) is 0 Å². The summed E-state index contributed by atoms with van der Waals surface area (Å²) >= 11 is 0. The molecular formula is C22H19OP. The normalized spacial score (nSPS) is 11.5. The van der Waals surface area contributed by atoms with Crippen molar-refractivity contribution < 1.29 is 4.79 Å². The molecule has 3 rings (SSSR count). The largest absolute Gasteiger partial charge is 0.295 e. The highest BCUT2D eigenvalue weighted by molar-refractivity contribution is 7.43. The van der Waals surface area contributed by atoms with Crippen LogP contribution in [-0.2, 0) is 9.95 Å². The SMILES string of the molecule is CC(=O)/C=P/C(c1ccccc1)(c1ccccc1)c1ccccc1. The summed E-state index contributed by atoms with van der Waals surface area (Å²) in [4.78, 5) is 11.7. The lowest BCUT2D eigenvalue weighted by atomic mass is 9.84. The summed E-state index contributed by atoms with van der Waals surface area (Å²) in [5, 5.41) is -0.393. The zero-order valence-corrected chi connectivity index (χ0v) is 14.5. The summed E-state index contributed by atoms with van der Waals surface area (Å²) in [6.07, 6.45) is 0. The molecule has 0 aromatic heterocycles. The number of hydrogen-bond acceptors (Lipinski definition) is 1. The van der Waals surface area contributed by atoms with Crippen LogP contribution in [0.4, 0.5) is 0 Å². The molecule has 0 radical (unpaired) electrons. The smallest absolute Gasteiger partial charge is 0.156 e. The maximum atomic E-state index is 11.7. The van der Waals surface area contributed by atoms with E-state index in [-0.39, 0.29) is 5.78 Å². The lowest BCUT2D eigenvalue weighted by molar-refractivity contribution is -0.110. The number of rotatable bonds is 5. The van der Waals surface area contributed by atoms with Crippen molar-refractivity contribution >= 4 is 19.8 Å². The van der Waals surface area contributed by atoms with E-state index in [1.165, 1.54) is 16.7 Å². The highest BCUT2D eigenvalue weighted by atomic mass is 31.1. The first-order valence-corrected chi connectivity index (χ1v) is 8.92. The summed E-state index contributed by atoms with van der Waals surface area (Å²) in [6.45, 7) is 1.61. The molecule has 0 saturated heterocycles. The summed E-state index contributed by atoms with van der Waals surface area (Å²) in [5.41, 5.74) is 3.55.